The number of hydrogen-bond acceptors (Lipinski definition) is 3. The number of rotatable bonds is 8. The number of para-hydroxylation sites is 1. The molecule has 5 rings (SSSR count). The van der Waals surface area contributed by atoms with Gasteiger partial charge in [-0.25, -0.2) is 4.39 Å². The molecule has 0 saturated carbocycles. The Morgan fingerprint density at radius 1 is 1.00 bits per heavy atom. The Morgan fingerprint density at radius 3 is 2.56 bits per heavy atom. The van der Waals surface area contributed by atoms with E-state index in [-0.39, 0.29) is 17.9 Å². The normalized spacial score (nSPS) is 17.3. The number of aromatic nitrogens is 2. The van der Waals surface area contributed by atoms with Crippen molar-refractivity contribution in [2.45, 2.75) is 32.4 Å². The van der Waals surface area contributed by atoms with Gasteiger partial charge >= 0.3 is 0 Å². The van der Waals surface area contributed by atoms with Crippen LogP contribution < -0.4 is 10.6 Å². The Hall–Kier alpha value is -3.71. The van der Waals surface area contributed by atoms with Crippen LogP contribution in [0, 0.1) is 19.7 Å². The van der Waals surface area contributed by atoms with Crippen LogP contribution in [0.3, 0.4) is 0 Å². The number of nitrogens with zero attached hydrogens (tertiary/aromatic N) is 3. The molecule has 0 amide bonds. The highest BCUT2D eigenvalue weighted by Gasteiger charge is 2.41. The van der Waals surface area contributed by atoms with E-state index in [2.05, 4.69) is 57.1 Å². The van der Waals surface area contributed by atoms with E-state index in [1.165, 1.54) is 6.07 Å². The van der Waals surface area contributed by atoms with Crippen LogP contribution in [0.2, 0.25) is 0 Å². The van der Waals surface area contributed by atoms with Crippen molar-refractivity contribution in [3.63, 3.8) is 0 Å². The van der Waals surface area contributed by atoms with Gasteiger partial charge in [-0.1, -0.05) is 30.3 Å². The maximum Gasteiger partial charge on any atom is 0.170 e. The van der Waals surface area contributed by atoms with E-state index < -0.39 is 0 Å². The summed E-state index contributed by atoms with van der Waals surface area (Å²) in [6, 6.07) is 25.0. The number of nitrogens with one attached hydrogen (secondary N) is 2. The van der Waals surface area contributed by atoms with E-state index >= 15 is 0 Å². The summed E-state index contributed by atoms with van der Waals surface area (Å²) in [7, 11) is 0. The molecule has 1 fully saturated rings. The molecule has 0 radical (unpaired) electrons. The summed E-state index contributed by atoms with van der Waals surface area (Å²) in [5, 5.41) is 7.76. The predicted molar refractivity (Wildman–Crippen MR) is 147 cm³/mol. The van der Waals surface area contributed by atoms with E-state index in [4.69, 9.17) is 12.2 Å². The highest BCUT2D eigenvalue weighted by molar-refractivity contribution is 7.80. The van der Waals surface area contributed by atoms with Crippen molar-refractivity contribution in [2.75, 3.05) is 18.4 Å². The monoisotopic (exact) mass is 499 g/mol. The number of thiocarbonyl (C=S) groups is 1. The molecule has 2 aromatic carbocycles. The van der Waals surface area contributed by atoms with Crippen molar-refractivity contribution in [1.82, 2.24) is 19.8 Å². The molecule has 2 aromatic heterocycles. The van der Waals surface area contributed by atoms with Crippen LogP contribution in [-0.4, -0.2) is 32.7 Å². The zero-order valence-corrected chi connectivity index (χ0v) is 21.3. The van der Waals surface area contributed by atoms with Crippen LogP contribution in [0.1, 0.15) is 41.1 Å². The molecule has 1 aliphatic rings. The van der Waals surface area contributed by atoms with Crippen molar-refractivity contribution in [2.24, 2.45) is 0 Å². The number of anilines is 1. The molecular formula is C29H30FN5S. The lowest BCUT2D eigenvalue weighted by molar-refractivity contribution is 0.315. The largest absolute Gasteiger partial charge is 0.385 e. The van der Waals surface area contributed by atoms with Crippen molar-refractivity contribution in [3.8, 4) is 5.69 Å². The predicted octanol–water partition coefficient (Wildman–Crippen LogP) is 6.10. The zero-order chi connectivity index (χ0) is 25.1. The van der Waals surface area contributed by atoms with Gasteiger partial charge in [-0.3, -0.25) is 4.98 Å². The summed E-state index contributed by atoms with van der Waals surface area (Å²) in [6.45, 7) is 5.79. The lowest BCUT2D eigenvalue weighted by atomic mass is 9.96. The first-order valence-electron chi connectivity index (χ1n) is 12.2. The Balaban J connectivity index is 1.46. The third-order valence-corrected chi connectivity index (χ3v) is 7.08. The molecule has 3 heterocycles. The highest BCUT2D eigenvalue weighted by Crippen LogP contribution is 2.41. The fourth-order valence-corrected chi connectivity index (χ4v) is 5.45. The van der Waals surface area contributed by atoms with E-state index in [9.17, 15) is 4.39 Å². The first-order valence-corrected chi connectivity index (χ1v) is 12.7. The van der Waals surface area contributed by atoms with Gasteiger partial charge in [-0.15, -0.1) is 0 Å². The maximum absolute atomic E-state index is 14.1. The second-order valence-corrected chi connectivity index (χ2v) is 9.49. The van der Waals surface area contributed by atoms with Crippen LogP contribution >= 0.6 is 12.2 Å². The summed E-state index contributed by atoms with van der Waals surface area (Å²) >= 11 is 5.84. The van der Waals surface area contributed by atoms with E-state index in [0.29, 0.717) is 0 Å². The van der Waals surface area contributed by atoms with Crippen LogP contribution in [-0.2, 0) is 0 Å². The molecule has 2 N–H and O–H groups in total. The average Bonchev–Trinajstić information content (AvgIpc) is 3.37. The number of benzene rings is 2. The molecule has 0 aliphatic carbocycles. The molecule has 7 heteroatoms. The Morgan fingerprint density at radius 2 is 1.81 bits per heavy atom. The molecule has 0 bridgehead atoms. The van der Waals surface area contributed by atoms with Crippen LogP contribution in [0.25, 0.3) is 5.69 Å². The van der Waals surface area contributed by atoms with Crippen molar-refractivity contribution in [3.05, 3.63) is 114 Å². The summed E-state index contributed by atoms with van der Waals surface area (Å²) < 4.78 is 16.2. The van der Waals surface area contributed by atoms with E-state index in [1.54, 1.807) is 12.1 Å². The van der Waals surface area contributed by atoms with Crippen molar-refractivity contribution < 1.29 is 4.39 Å². The molecule has 1 saturated heterocycles. The molecule has 36 heavy (non-hydrogen) atoms. The van der Waals surface area contributed by atoms with Crippen molar-refractivity contribution in [1.29, 1.82) is 0 Å². The van der Waals surface area contributed by atoms with Gasteiger partial charge in [0.1, 0.15) is 5.82 Å². The smallest absolute Gasteiger partial charge is 0.170 e. The van der Waals surface area contributed by atoms with Gasteiger partial charge in [0.05, 0.1) is 17.8 Å². The van der Waals surface area contributed by atoms with Gasteiger partial charge in [0.2, 0.25) is 0 Å². The Labute approximate surface area is 217 Å². The summed E-state index contributed by atoms with van der Waals surface area (Å²) in [4.78, 5) is 6.93. The minimum atomic E-state index is -0.246. The van der Waals surface area contributed by atoms with Crippen LogP contribution in [0.4, 0.5) is 10.1 Å². The van der Waals surface area contributed by atoms with Gasteiger partial charge in [0.25, 0.3) is 0 Å². The van der Waals surface area contributed by atoms with Crippen molar-refractivity contribution >= 4 is 23.0 Å². The lowest BCUT2D eigenvalue weighted by Gasteiger charge is -2.28. The van der Waals surface area contributed by atoms with Gasteiger partial charge in [0, 0.05) is 42.0 Å². The quantitative estimate of drug-likeness (QED) is 0.226. The first kappa shape index (κ1) is 24.0. The third kappa shape index (κ3) is 4.84. The molecule has 0 spiro atoms. The lowest BCUT2D eigenvalue weighted by Crippen LogP contribution is -2.31. The number of pyridine rings is 1. The third-order valence-electron chi connectivity index (χ3n) is 6.73. The summed E-state index contributed by atoms with van der Waals surface area (Å²) in [5.74, 6) is -0.246. The molecule has 2 atom stereocenters. The minimum absolute atomic E-state index is 0.0300. The molecule has 5 nitrogen and oxygen atoms in total. The Kier molecular flexibility index (Phi) is 7.00. The Bertz CT molecular complexity index is 1340. The summed E-state index contributed by atoms with van der Waals surface area (Å²) in [6.07, 6.45) is 2.74. The fourth-order valence-electron chi connectivity index (χ4n) is 5.12. The standard InChI is InChI=1S/C29H30FN5S/c1-20-18-25(21(2)35(20)24-13-8-10-22(30)19-24)28-27(26-14-6-7-15-32-26)33-29(36)34(28)17-9-16-31-23-11-4-3-5-12-23/h3-8,10-15,18-19,27-28,31H,9,16-17H2,1-2H3,(H,33,36)/t27-,28-/m0/s1. The van der Waals surface area contributed by atoms with Gasteiger partial charge in [-0.05, 0) is 86.6 Å². The molecule has 4 aromatic rings. The second kappa shape index (κ2) is 10.5. The second-order valence-electron chi connectivity index (χ2n) is 9.11. The molecule has 0 unspecified atom stereocenters. The van der Waals surface area contributed by atoms with Crippen LogP contribution in [0.5, 0.6) is 0 Å². The topological polar surface area (TPSA) is 45.1 Å². The number of hydrogen-bond donors (Lipinski definition) is 2. The van der Waals surface area contributed by atoms with E-state index in [0.717, 1.165) is 58.6 Å². The first-order chi connectivity index (χ1) is 17.5. The molecule has 184 valence electrons. The summed E-state index contributed by atoms with van der Waals surface area (Å²) in [5.41, 5.74) is 6.17. The zero-order valence-electron chi connectivity index (χ0n) is 20.5. The molecular weight excluding hydrogens is 469 g/mol. The van der Waals surface area contributed by atoms with Gasteiger partial charge in [0.15, 0.2) is 5.11 Å². The van der Waals surface area contributed by atoms with Crippen LogP contribution in [0.15, 0.2) is 85.1 Å². The fraction of sp³-hybridized carbons (Fsp3) is 0.241. The van der Waals surface area contributed by atoms with Gasteiger partial charge < -0.3 is 20.1 Å². The van der Waals surface area contributed by atoms with Gasteiger partial charge in [-0.2, -0.15) is 0 Å². The van der Waals surface area contributed by atoms with E-state index in [1.807, 2.05) is 48.7 Å². The maximum atomic E-state index is 14.1. The number of aryl methyl sites for hydroxylation is 1. The minimum Gasteiger partial charge on any atom is -0.385 e. The SMILES string of the molecule is Cc1cc([C@H]2[C@H](c3ccccn3)NC(=S)N2CCCNc2ccccc2)c(C)n1-c1cccc(F)c1. The average molecular weight is 500 g/mol. The molecule has 1 aliphatic heterocycles. The highest BCUT2D eigenvalue weighted by atomic mass is 32.1. The number of halogens is 1.